The van der Waals surface area contributed by atoms with Gasteiger partial charge in [-0.3, -0.25) is 0 Å². The van der Waals surface area contributed by atoms with Crippen molar-refractivity contribution in [2.75, 3.05) is 6.54 Å². The van der Waals surface area contributed by atoms with E-state index in [0.29, 0.717) is 6.04 Å². The highest BCUT2D eigenvalue weighted by Crippen LogP contribution is 2.02. The van der Waals surface area contributed by atoms with E-state index in [1.54, 1.807) is 6.20 Å². The minimum Gasteiger partial charge on any atom is -0.349 e. The van der Waals surface area contributed by atoms with Crippen molar-refractivity contribution in [3.05, 3.63) is 18.2 Å². The maximum absolute atomic E-state index is 4.19. The second-order valence-corrected chi connectivity index (χ2v) is 4.14. The van der Waals surface area contributed by atoms with E-state index in [4.69, 9.17) is 0 Å². The molecule has 0 saturated heterocycles. The first kappa shape index (κ1) is 12.2. The Morgan fingerprint density at radius 3 is 3.00 bits per heavy atom. The number of aromatic nitrogens is 2. The van der Waals surface area contributed by atoms with Gasteiger partial charge in [-0.25, -0.2) is 4.98 Å². The molecule has 0 spiro atoms. The lowest BCUT2D eigenvalue weighted by molar-refractivity contribution is 0.488. The molecule has 0 aromatic carbocycles. The zero-order chi connectivity index (χ0) is 10.9. The lowest BCUT2D eigenvalue weighted by atomic mass is 10.1. The van der Waals surface area contributed by atoms with Crippen LogP contribution >= 0.6 is 0 Å². The van der Waals surface area contributed by atoms with E-state index in [0.717, 1.165) is 18.8 Å². The fourth-order valence-electron chi connectivity index (χ4n) is 1.67. The van der Waals surface area contributed by atoms with Crippen molar-refractivity contribution in [3.63, 3.8) is 0 Å². The first-order chi connectivity index (χ1) is 7.33. The van der Waals surface area contributed by atoms with E-state index in [-0.39, 0.29) is 0 Å². The molecule has 0 fully saturated rings. The standard InChI is InChI=1S/C12H23N3/c1-3-4-5-6-11(2)13-8-7-12-14-9-10-15-12/h9-11,13H,3-8H2,1-2H3,(H,14,15). The summed E-state index contributed by atoms with van der Waals surface area (Å²) in [5.74, 6) is 1.07. The van der Waals surface area contributed by atoms with Crippen molar-refractivity contribution in [1.29, 1.82) is 0 Å². The van der Waals surface area contributed by atoms with Crippen LogP contribution in [-0.2, 0) is 6.42 Å². The number of nitrogens with one attached hydrogen (secondary N) is 2. The van der Waals surface area contributed by atoms with E-state index < -0.39 is 0 Å². The van der Waals surface area contributed by atoms with Crippen LogP contribution < -0.4 is 5.32 Å². The first-order valence-electron chi connectivity index (χ1n) is 6.04. The number of nitrogens with zero attached hydrogens (tertiary/aromatic N) is 1. The van der Waals surface area contributed by atoms with Gasteiger partial charge in [0.15, 0.2) is 0 Å². The summed E-state index contributed by atoms with van der Waals surface area (Å²) in [5, 5.41) is 3.52. The van der Waals surface area contributed by atoms with E-state index >= 15 is 0 Å². The SMILES string of the molecule is CCCCCC(C)NCCc1ncc[nH]1. The molecule has 0 radical (unpaired) electrons. The topological polar surface area (TPSA) is 40.7 Å². The van der Waals surface area contributed by atoms with Gasteiger partial charge >= 0.3 is 0 Å². The van der Waals surface area contributed by atoms with E-state index in [2.05, 4.69) is 29.1 Å². The molecular weight excluding hydrogens is 186 g/mol. The van der Waals surface area contributed by atoms with Crippen molar-refractivity contribution in [2.24, 2.45) is 0 Å². The number of aromatic amines is 1. The third kappa shape index (κ3) is 5.57. The summed E-state index contributed by atoms with van der Waals surface area (Å²) in [6, 6.07) is 0.631. The van der Waals surface area contributed by atoms with Crippen LogP contribution in [0.2, 0.25) is 0 Å². The van der Waals surface area contributed by atoms with Crippen molar-refractivity contribution < 1.29 is 0 Å². The summed E-state index contributed by atoms with van der Waals surface area (Å²) < 4.78 is 0. The monoisotopic (exact) mass is 209 g/mol. The van der Waals surface area contributed by atoms with Gasteiger partial charge in [0.1, 0.15) is 5.82 Å². The minimum atomic E-state index is 0.631. The van der Waals surface area contributed by atoms with Gasteiger partial charge in [0.25, 0.3) is 0 Å². The zero-order valence-electron chi connectivity index (χ0n) is 9.92. The molecule has 1 unspecified atom stereocenters. The lowest BCUT2D eigenvalue weighted by Gasteiger charge is -2.12. The molecule has 0 bridgehead atoms. The molecule has 0 aliphatic heterocycles. The van der Waals surface area contributed by atoms with Crippen LogP contribution in [0.5, 0.6) is 0 Å². The van der Waals surface area contributed by atoms with Crippen LogP contribution in [-0.4, -0.2) is 22.6 Å². The highest BCUT2D eigenvalue weighted by atomic mass is 14.9. The Kier molecular flexibility index (Phi) is 6.09. The fraction of sp³-hybridized carbons (Fsp3) is 0.750. The van der Waals surface area contributed by atoms with E-state index in [9.17, 15) is 0 Å². The normalized spacial score (nSPS) is 12.9. The van der Waals surface area contributed by atoms with Crippen LogP contribution in [0.1, 0.15) is 45.4 Å². The molecule has 0 aliphatic carbocycles. The second-order valence-electron chi connectivity index (χ2n) is 4.14. The number of rotatable bonds is 8. The van der Waals surface area contributed by atoms with Gasteiger partial charge < -0.3 is 10.3 Å². The Bertz CT molecular complexity index is 231. The molecule has 0 saturated carbocycles. The molecule has 0 aliphatic rings. The Morgan fingerprint density at radius 2 is 2.33 bits per heavy atom. The maximum Gasteiger partial charge on any atom is 0.107 e. The number of hydrogen-bond acceptors (Lipinski definition) is 2. The molecule has 3 nitrogen and oxygen atoms in total. The number of H-pyrrole nitrogens is 1. The predicted octanol–water partition coefficient (Wildman–Crippen LogP) is 2.51. The molecule has 1 atom stereocenters. The van der Waals surface area contributed by atoms with Gasteiger partial charge in [-0.1, -0.05) is 26.2 Å². The lowest BCUT2D eigenvalue weighted by Crippen LogP contribution is -2.28. The Balaban J connectivity index is 1.99. The molecule has 3 heteroatoms. The molecule has 1 aromatic heterocycles. The molecule has 1 aromatic rings. The zero-order valence-corrected chi connectivity index (χ0v) is 9.92. The number of imidazole rings is 1. The molecule has 1 heterocycles. The Morgan fingerprint density at radius 1 is 1.47 bits per heavy atom. The van der Waals surface area contributed by atoms with Crippen LogP contribution in [0.3, 0.4) is 0 Å². The Hall–Kier alpha value is -0.830. The van der Waals surface area contributed by atoms with Gasteiger partial charge in [-0.15, -0.1) is 0 Å². The maximum atomic E-state index is 4.19. The average molecular weight is 209 g/mol. The molecule has 86 valence electrons. The van der Waals surface area contributed by atoms with E-state index in [1.807, 2.05) is 6.20 Å². The van der Waals surface area contributed by atoms with Crippen LogP contribution in [0.25, 0.3) is 0 Å². The van der Waals surface area contributed by atoms with Crippen LogP contribution in [0.15, 0.2) is 12.4 Å². The largest absolute Gasteiger partial charge is 0.349 e. The summed E-state index contributed by atoms with van der Waals surface area (Å²) in [6.45, 7) is 5.52. The highest BCUT2D eigenvalue weighted by Gasteiger charge is 2.01. The molecule has 2 N–H and O–H groups in total. The number of hydrogen-bond donors (Lipinski definition) is 2. The third-order valence-electron chi connectivity index (χ3n) is 2.65. The summed E-state index contributed by atoms with van der Waals surface area (Å²) in [7, 11) is 0. The van der Waals surface area contributed by atoms with Crippen LogP contribution in [0, 0.1) is 0 Å². The van der Waals surface area contributed by atoms with Gasteiger partial charge in [0, 0.05) is 31.4 Å². The summed E-state index contributed by atoms with van der Waals surface area (Å²) >= 11 is 0. The fourth-order valence-corrected chi connectivity index (χ4v) is 1.67. The van der Waals surface area contributed by atoms with Gasteiger partial charge in [0.05, 0.1) is 0 Å². The summed E-state index contributed by atoms with van der Waals surface area (Å²) in [4.78, 5) is 7.31. The number of unbranched alkanes of at least 4 members (excludes halogenated alkanes) is 2. The van der Waals surface area contributed by atoms with Crippen molar-refractivity contribution >= 4 is 0 Å². The highest BCUT2D eigenvalue weighted by molar-refractivity contribution is 4.87. The van der Waals surface area contributed by atoms with Crippen molar-refractivity contribution in [1.82, 2.24) is 15.3 Å². The summed E-state index contributed by atoms with van der Waals surface area (Å²) in [5.41, 5.74) is 0. The minimum absolute atomic E-state index is 0.631. The van der Waals surface area contributed by atoms with Gasteiger partial charge in [0.2, 0.25) is 0 Å². The van der Waals surface area contributed by atoms with Crippen molar-refractivity contribution in [2.45, 2.75) is 52.0 Å². The predicted molar refractivity (Wildman–Crippen MR) is 63.9 cm³/mol. The van der Waals surface area contributed by atoms with Gasteiger partial charge in [-0.05, 0) is 13.3 Å². The average Bonchev–Trinajstić information content (AvgIpc) is 2.71. The molecule has 15 heavy (non-hydrogen) atoms. The van der Waals surface area contributed by atoms with Gasteiger partial charge in [-0.2, -0.15) is 0 Å². The summed E-state index contributed by atoms with van der Waals surface area (Å²) in [6.07, 6.45) is 9.95. The quantitative estimate of drug-likeness (QED) is 0.646. The first-order valence-corrected chi connectivity index (χ1v) is 6.04. The molecule has 1 rings (SSSR count). The third-order valence-corrected chi connectivity index (χ3v) is 2.65. The van der Waals surface area contributed by atoms with E-state index in [1.165, 1.54) is 25.7 Å². The smallest absolute Gasteiger partial charge is 0.107 e. The molecular formula is C12H23N3. The van der Waals surface area contributed by atoms with Crippen molar-refractivity contribution in [3.8, 4) is 0 Å². The molecule has 0 amide bonds. The van der Waals surface area contributed by atoms with Crippen LogP contribution in [0.4, 0.5) is 0 Å². The Labute approximate surface area is 92.7 Å². The second kappa shape index (κ2) is 7.46.